The highest BCUT2D eigenvalue weighted by Gasteiger charge is 2.18. The first-order chi connectivity index (χ1) is 13.0. The van der Waals surface area contributed by atoms with Crippen LogP contribution in [0.4, 0.5) is 0 Å². The van der Waals surface area contributed by atoms with Crippen molar-refractivity contribution >= 4 is 5.91 Å². The summed E-state index contributed by atoms with van der Waals surface area (Å²) in [5, 5.41) is 3.12. The number of amides is 1. The summed E-state index contributed by atoms with van der Waals surface area (Å²) in [6.45, 7) is 12.6. The minimum atomic E-state index is 0.0321. The average molecular weight is 371 g/mol. The molecule has 0 atom stereocenters. The van der Waals surface area contributed by atoms with Gasteiger partial charge in [0, 0.05) is 25.2 Å². The summed E-state index contributed by atoms with van der Waals surface area (Å²) in [5.41, 5.74) is 5.41. The Labute approximate surface area is 162 Å². The van der Waals surface area contributed by atoms with Crippen molar-refractivity contribution < 1.29 is 14.4 Å². The molecule has 0 unspecified atom stereocenters. The third-order valence-electron chi connectivity index (χ3n) is 5.36. The van der Waals surface area contributed by atoms with Crippen LogP contribution >= 0.6 is 0 Å². The third-order valence-corrected chi connectivity index (χ3v) is 5.36. The summed E-state index contributed by atoms with van der Waals surface area (Å²) < 4.78 is 7.52. The normalized spacial score (nSPS) is 15.1. The summed E-state index contributed by atoms with van der Waals surface area (Å²) >= 11 is 0. The number of nitrogens with zero attached hydrogens (tertiary/aromatic N) is 1. The van der Waals surface area contributed by atoms with Crippen molar-refractivity contribution in [1.29, 1.82) is 0 Å². The van der Waals surface area contributed by atoms with Gasteiger partial charge in [0.2, 0.25) is 0 Å². The van der Waals surface area contributed by atoms with Crippen LogP contribution in [-0.2, 0) is 11.3 Å². The van der Waals surface area contributed by atoms with Crippen molar-refractivity contribution in [1.82, 2.24) is 9.88 Å². The molecule has 0 radical (unpaired) electrons. The van der Waals surface area contributed by atoms with E-state index in [-0.39, 0.29) is 5.91 Å². The molecule has 0 aliphatic carbocycles. The summed E-state index contributed by atoms with van der Waals surface area (Å²) in [4.78, 5) is 14.4. The molecule has 1 saturated heterocycles. The van der Waals surface area contributed by atoms with Crippen LogP contribution in [0.1, 0.15) is 39.3 Å². The van der Waals surface area contributed by atoms with Gasteiger partial charge >= 0.3 is 0 Å². The van der Waals surface area contributed by atoms with Crippen LogP contribution in [0.25, 0.3) is 0 Å². The second-order valence-corrected chi connectivity index (χ2v) is 7.61. The van der Waals surface area contributed by atoms with E-state index in [9.17, 15) is 4.79 Å². The van der Waals surface area contributed by atoms with Gasteiger partial charge in [-0.3, -0.25) is 4.79 Å². The maximum Gasteiger partial charge on any atom is 0.268 e. The highest BCUT2D eigenvalue weighted by molar-refractivity contribution is 5.94. The zero-order chi connectivity index (χ0) is 19.2. The molecule has 27 heavy (non-hydrogen) atoms. The van der Waals surface area contributed by atoms with Crippen molar-refractivity contribution in [3.8, 4) is 0 Å². The van der Waals surface area contributed by atoms with Crippen LogP contribution < -0.4 is 10.2 Å². The standard InChI is InChI=1S/C22H31N3O2/c1-17-5-7-20(8-6-17)16-25-19(3)15-18(2)21(25)22(26)23-9-4-10-24-11-13-27-14-12-24/h5-8,15H,4,9-14,16H2,1-3H3,(H,23,26)/p+1. The van der Waals surface area contributed by atoms with E-state index in [4.69, 9.17) is 4.74 Å². The van der Waals surface area contributed by atoms with Gasteiger partial charge in [0.15, 0.2) is 0 Å². The maximum atomic E-state index is 12.8. The van der Waals surface area contributed by atoms with E-state index in [1.165, 1.54) is 11.1 Å². The first kappa shape index (κ1) is 19.6. The molecule has 1 aliphatic heterocycles. The summed E-state index contributed by atoms with van der Waals surface area (Å²) in [6.07, 6.45) is 0.998. The molecule has 1 fully saturated rings. The second kappa shape index (κ2) is 9.20. The molecule has 1 aliphatic rings. The number of benzene rings is 1. The Morgan fingerprint density at radius 2 is 1.85 bits per heavy atom. The van der Waals surface area contributed by atoms with Gasteiger partial charge in [-0.25, -0.2) is 0 Å². The fourth-order valence-corrected chi connectivity index (χ4v) is 3.76. The van der Waals surface area contributed by atoms with Crippen molar-refractivity contribution in [3.63, 3.8) is 0 Å². The Morgan fingerprint density at radius 1 is 1.15 bits per heavy atom. The molecule has 3 rings (SSSR count). The van der Waals surface area contributed by atoms with Gasteiger partial charge in [-0.1, -0.05) is 29.8 Å². The molecule has 0 bridgehead atoms. The lowest BCUT2D eigenvalue weighted by atomic mass is 10.1. The Kier molecular flexibility index (Phi) is 6.69. The molecule has 0 saturated carbocycles. The third kappa shape index (κ3) is 5.21. The number of carbonyl (C=O) groups is 1. The maximum absolute atomic E-state index is 12.8. The Balaban J connectivity index is 1.59. The van der Waals surface area contributed by atoms with Crippen LogP contribution in [-0.4, -0.2) is 49.9 Å². The van der Waals surface area contributed by atoms with Crippen molar-refractivity contribution in [2.24, 2.45) is 0 Å². The minimum absolute atomic E-state index is 0.0321. The largest absolute Gasteiger partial charge is 0.370 e. The number of aromatic nitrogens is 1. The molecule has 1 aromatic carbocycles. The Hall–Kier alpha value is -2.11. The topological polar surface area (TPSA) is 47.7 Å². The number of ether oxygens (including phenoxy) is 1. The molecule has 1 amide bonds. The number of carbonyl (C=O) groups excluding carboxylic acids is 1. The van der Waals surface area contributed by atoms with Gasteiger partial charge < -0.3 is 19.5 Å². The molecular formula is C22H32N3O2+. The zero-order valence-corrected chi connectivity index (χ0v) is 16.8. The van der Waals surface area contributed by atoms with Crippen LogP contribution in [0.15, 0.2) is 30.3 Å². The average Bonchev–Trinajstić information content (AvgIpc) is 2.94. The van der Waals surface area contributed by atoms with Gasteiger partial charge in [-0.15, -0.1) is 0 Å². The Morgan fingerprint density at radius 3 is 2.56 bits per heavy atom. The molecule has 2 heterocycles. The van der Waals surface area contributed by atoms with E-state index < -0.39 is 0 Å². The number of aryl methyl sites for hydroxylation is 3. The van der Waals surface area contributed by atoms with Gasteiger partial charge in [0.25, 0.3) is 5.91 Å². The van der Waals surface area contributed by atoms with E-state index in [1.807, 2.05) is 6.92 Å². The molecule has 1 aromatic heterocycles. The smallest absolute Gasteiger partial charge is 0.268 e. The molecule has 2 aromatic rings. The number of rotatable bonds is 7. The molecule has 0 spiro atoms. The first-order valence-electron chi connectivity index (χ1n) is 9.96. The highest BCUT2D eigenvalue weighted by Crippen LogP contribution is 2.17. The summed E-state index contributed by atoms with van der Waals surface area (Å²) in [5.74, 6) is 0.0321. The van der Waals surface area contributed by atoms with Crippen molar-refractivity contribution in [2.75, 3.05) is 39.4 Å². The molecule has 146 valence electrons. The van der Waals surface area contributed by atoms with Crippen LogP contribution in [0, 0.1) is 20.8 Å². The minimum Gasteiger partial charge on any atom is -0.370 e. The van der Waals surface area contributed by atoms with E-state index in [0.29, 0.717) is 0 Å². The molecular weight excluding hydrogens is 338 g/mol. The summed E-state index contributed by atoms with van der Waals surface area (Å²) in [7, 11) is 0. The zero-order valence-electron chi connectivity index (χ0n) is 16.8. The number of hydrogen-bond acceptors (Lipinski definition) is 2. The van der Waals surface area contributed by atoms with Crippen molar-refractivity contribution in [2.45, 2.75) is 33.7 Å². The van der Waals surface area contributed by atoms with E-state index in [0.717, 1.165) is 69.3 Å². The lowest BCUT2D eigenvalue weighted by Crippen LogP contribution is -3.14. The Bertz CT molecular complexity index is 759. The second-order valence-electron chi connectivity index (χ2n) is 7.61. The van der Waals surface area contributed by atoms with E-state index in [1.54, 1.807) is 4.90 Å². The predicted octanol–water partition coefficient (Wildman–Crippen LogP) is 1.50. The molecule has 5 heteroatoms. The number of morpholine rings is 1. The lowest BCUT2D eigenvalue weighted by Gasteiger charge is -2.23. The number of quaternary nitrogens is 1. The van der Waals surface area contributed by atoms with Crippen LogP contribution in [0.2, 0.25) is 0 Å². The quantitative estimate of drug-likeness (QED) is 0.726. The molecule has 5 nitrogen and oxygen atoms in total. The number of hydrogen-bond donors (Lipinski definition) is 2. The SMILES string of the molecule is Cc1ccc(Cn2c(C)cc(C)c2C(=O)NCCC[NH+]2CCOCC2)cc1. The van der Waals surface area contributed by atoms with Gasteiger partial charge in [-0.05, 0) is 38.0 Å². The summed E-state index contributed by atoms with van der Waals surface area (Å²) in [6, 6.07) is 10.6. The predicted molar refractivity (Wildman–Crippen MR) is 108 cm³/mol. The first-order valence-corrected chi connectivity index (χ1v) is 9.96. The molecule has 2 N–H and O–H groups in total. The number of nitrogens with one attached hydrogen (secondary N) is 2. The van der Waals surface area contributed by atoms with Gasteiger partial charge in [-0.2, -0.15) is 0 Å². The van der Waals surface area contributed by atoms with Crippen molar-refractivity contribution in [3.05, 3.63) is 58.4 Å². The van der Waals surface area contributed by atoms with Gasteiger partial charge in [0.05, 0.1) is 19.8 Å². The van der Waals surface area contributed by atoms with E-state index in [2.05, 4.69) is 54.1 Å². The monoisotopic (exact) mass is 370 g/mol. The highest BCUT2D eigenvalue weighted by atomic mass is 16.5. The van der Waals surface area contributed by atoms with Crippen LogP contribution in [0.3, 0.4) is 0 Å². The van der Waals surface area contributed by atoms with E-state index >= 15 is 0 Å². The van der Waals surface area contributed by atoms with Crippen LogP contribution in [0.5, 0.6) is 0 Å². The lowest BCUT2D eigenvalue weighted by molar-refractivity contribution is -0.908. The fraction of sp³-hybridized carbons (Fsp3) is 0.500. The van der Waals surface area contributed by atoms with Gasteiger partial charge in [0.1, 0.15) is 18.8 Å². The fourth-order valence-electron chi connectivity index (χ4n) is 3.76.